The second-order valence-corrected chi connectivity index (χ2v) is 9.74. The van der Waals surface area contributed by atoms with Crippen LogP contribution in [0.5, 0.6) is 0 Å². The Balaban J connectivity index is 1.55. The van der Waals surface area contributed by atoms with Crippen LogP contribution in [-0.2, 0) is 26.0 Å². The first-order chi connectivity index (χ1) is 14.8. The Morgan fingerprint density at radius 2 is 1.74 bits per heavy atom. The van der Waals surface area contributed by atoms with Crippen molar-refractivity contribution in [1.82, 2.24) is 14.9 Å². The number of hydrogen-bond donors (Lipinski definition) is 2. The summed E-state index contributed by atoms with van der Waals surface area (Å²) in [6.45, 7) is 4.50. The third-order valence-electron chi connectivity index (χ3n) is 5.50. The van der Waals surface area contributed by atoms with Crippen molar-refractivity contribution >= 4 is 21.8 Å². The van der Waals surface area contributed by atoms with E-state index in [-0.39, 0.29) is 12.6 Å². The maximum absolute atomic E-state index is 13.2. The number of nitrogens with one attached hydrogen (secondary N) is 2. The third kappa shape index (κ3) is 5.71. The van der Waals surface area contributed by atoms with Crippen molar-refractivity contribution in [3.05, 3.63) is 65.2 Å². The molecule has 1 aliphatic rings. The molecule has 7 nitrogen and oxygen atoms in total. The predicted molar refractivity (Wildman–Crippen MR) is 119 cm³/mol. The molecule has 0 spiro atoms. The first-order valence-electron chi connectivity index (χ1n) is 10.5. The SMILES string of the molecule is Cc1ccc(C)c(S(=O)(=O)N2CCC[C@@H]2CNC(=O)C(=O)NCCc2ccccc2)c1. The normalized spacial score (nSPS) is 16.8. The number of hydrogen-bond acceptors (Lipinski definition) is 4. The summed E-state index contributed by atoms with van der Waals surface area (Å²) in [7, 11) is -3.67. The molecule has 1 aliphatic heterocycles. The molecular weight excluding hydrogens is 414 g/mol. The molecule has 0 unspecified atom stereocenters. The molecule has 1 atom stereocenters. The number of nitrogens with zero attached hydrogens (tertiary/aromatic N) is 1. The van der Waals surface area contributed by atoms with Crippen LogP contribution in [-0.4, -0.2) is 50.2 Å². The number of carbonyl (C=O) groups is 2. The Bertz CT molecular complexity index is 1040. The zero-order valence-corrected chi connectivity index (χ0v) is 18.7. The fourth-order valence-electron chi connectivity index (χ4n) is 3.78. The highest BCUT2D eigenvalue weighted by Crippen LogP contribution is 2.28. The molecule has 1 heterocycles. The molecule has 1 saturated heterocycles. The van der Waals surface area contributed by atoms with Crippen LogP contribution in [0.2, 0.25) is 0 Å². The maximum Gasteiger partial charge on any atom is 0.309 e. The zero-order chi connectivity index (χ0) is 22.4. The topological polar surface area (TPSA) is 95.6 Å². The predicted octanol–water partition coefficient (Wildman–Crippen LogP) is 1.93. The Kier molecular flexibility index (Phi) is 7.46. The molecule has 0 aliphatic carbocycles. The van der Waals surface area contributed by atoms with Gasteiger partial charge in [-0.15, -0.1) is 0 Å². The molecule has 1 fully saturated rings. The summed E-state index contributed by atoms with van der Waals surface area (Å²) in [4.78, 5) is 24.5. The first-order valence-corrected chi connectivity index (χ1v) is 11.9. The van der Waals surface area contributed by atoms with Crippen molar-refractivity contribution in [3.8, 4) is 0 Å². The standard InChI is InChI=1S/C23H29N3O4S/c1-17-10-11-18(2)21(15-17)31(29,30)26-14-6-9-20(26)16-25-23(28)22(27)24-13-12-19-7-4-3-5-8-19/h3-5,7-8,10-11,15,20H,6,9,12-14,16H2,1-2H3,(H,24,27)(H,25,28)/t20-/m1/s1. The molecule has 0 aromatic heterocycles. The van der Waals surface area contributed by atoms with E-state index >= 15 is 0 Å². The van der Waals surface area contributed by atoms with E-state index in [9.17, 15) is 18.0 Å². The molecule has 2 amide bonds. The molecule has 31 heavy (non-hydrogen) atoms. The second-order valence-electron chi connectivity index (χ2n) is 7.88. The molecule has 3 rings (SSSR count). The second kappa shape index (κ2) is 10.1. The molecule has 0 bridgehead atoms. The van der Waals surface area contributed by atoms with Gasteiger partial charge in [-0.2, -0.15) is 4.31 Å². The van der Waals surface area contributed by atoms with Gasteiger partial charge in [-0.05, 0) is 55.9 Å². The summed E-state index contributed by atoms with van der Waals surface area (Å²) in [6.07, 6.45) is 1.98. The van der Waals surface area contributed by atoms with Crippen LogP contribution in [0.4, 0.5) is 0 Å². The Labute approximate surface area is 183 Å². The zero-order valence-electron chi connectivity index (χ0n) is 17.9. The Morgan fingerprint density at radius 3 is 2.48 bits per heavy atom. The lowest BCUT2D eigenvalue weighted by atomic mass is 10.1. The molecule has 2 aromatic rings. The van der Waals surface area contributed by atoms with E-state index in [1.807, 2.05) is 43.3 Å². The first kappa shape index (κ1) is 23.0. The van der Waals surface area contributed by atoms with E-state index in [0.29, 0.717) is 42.8 Å². The van der Waals surface area contributed by atoms with Crippen molar-refractivity contribution in [2.75, 3.05) is 19.6 Å². The summed E-state index contributed by atoms with van der Waals surface area (Å²) in [5.74, 6) is -1.46. The van der Waals surface area contributed by atoms with Crippen molar-refractivity contribution in [3.63, 3.8) is 0 Å². The highest BCUT2D eigenvalue weighted by molar-refractivity contribution is 7.89. The summed E-state index contributed by atoms with van der Waals surface area (Å²) < 4.78 is 27.9. The molecular formula is C23H29N3O4S. The summed E-state index contributed by atoms with van der Waals surface area (Å²) in [5.41, 5.74) is 2.64. The van der Waals surface area contributed by atoms with E-state index in [2.05, 4.69) is 10.6 Å². The maximum atomic E-state index is 13.2. The number of carbonyl (C=O) groups excluding carboxylic acids is 2. The Hall–Kier alpha value is -2.71. The van der Waals surface area contributed by atoms with Gasteiger partial charge < -0.3 is 10.6 Å². The van der Waals surface area contributed by atoms with E-state index in [1.165, 1.54) is 4.31 Å². The molecule has 2 N–H and O–H groups in total. The summed E-state index contributed by atoms with van der Waals surface area (Å²) >= 11 is 0. The summed E-state index contributed by atoms with van der Waals surface area (Å²) in [5, 5.41) is 5.20. The molecule has 166 valence electrons. The van der Waals surface area contributed by atoms with Crippen LogP contribution in [0.3, 0.4) is 0 Å². The lowest BCUT2D eigenvalue weighted by Crippen LogP contribution is -2.47. The van der Waals surface area contributed by atoms with Gasteiger partial charge in [0.05, 0.1) is 4.90 Å². The average Bonchev–Trinajstić information content (AvgIpc) is 3.24. The lowest BCUT2D eigenvalue weighted by molar-refractivity contribution is -0.139. The molecule has 0 radical (unpaired) electrons. The van der Waals surface area contributed by atoms with Gasteiger partial charge in [-0.1, -0.05) is 42.5 Å². The van der Waals surface area contributed by atoms with Crippen LogP contribution in [0.15, 0.2) is 53.4 Å². The number of amides is 2. The minimum atomic E-state index is -3.67. The average molecular weight is 444 g/mol. The highest BCUT2D eigenvalue weighted by atomic mass is 32.2. The van der Waals surface area contributed by atoms with Gasteiger partial charge in [0.15, 0.2) is 0 Å². The van der Waals surface area contributed by atoms with Crippen LogP contribution in [0.25, 0.3) is 0 Å². The smallest absolute Gasteiger partial charge is 0.309 e. The third-order valence-corrected chi connectivity index (χ3v) is 7.59. The summed E-state index contributed by atoms with van der Waals surface area (Å²) in [6, 6.07) is 14.7. The minimum Gasteiger partial charge on any atom is -0.348 e. The van der Waals surface area contributed by atoms with Crippen LogP contribution in [0, 0.1) is 13.8 Å². The van der Waals surface area contributed by atoms with E-state index in [4.69, 9.17) is 0 Å². The quantitative estimate of drug-likeness (QED) is 0.639. The minimum absolute atomic E-state index is 0.106. The van der Waals surface area contributed by atoms with Crippen molar-refractivity contribution in [1.29, 1.82) is 0 Å². The van der Waals surface area contributed by atoms with Gasteiger partial charge in [0, 0.05) is 25.7 Å². The van der Waals surface area contributed by atoms with Crippen molar-refractivity contribution in [2.45, 2.75) is 44.0 Å². The fourth-order valence-corrected chi connectivity index (χ4v) is 5.78. The van der Waals surface area contributed by atoms with Gasteiger partial charge in [0.2, 0.25) is 10.0 Å². The van der Waals surface area contributed by atoms with Gasteiger partial charge in [0.1, 0.15) is 0 Å². The molecule has 0 saturated carbocycles. The molecule has 8 heteroatoms. The lowest BCUT2D eigenvalue weighted by Gasteiger charge is -2.25. The highest BCUT2D eigenvalue weighted by Gasteiger charge is 2.36. The number of benzene rings is 2. The van der Waals surface area contributed by atoms with Crippen molar-refractivity contribution in [2.24, 2.45) is 0 Å². The number of rotatable bonds is 7. The van der Waals surface area contributed by atoms with Crippen LogP contribution >= 0.6 is 0 Å². The van der Waals surface area contributed by atoms with E-state index in [1.54, 1.807) is 19.1 Å². The van der Waals surface area contributed by atoms with E-state index < -0.39 is 21.8 Å². The number of sulfonamides is 1. The van der Waals surface area contributed by atoms with Gasteiger partial charge in [-0.25, -0.2) is 8.42 Å². The van der Waals surface area contributed by atoms with Crippen molar-refractivity contribution < 1.29 is 18.0 Å². The van der Waals surface area contributed by atoms with Gasteiger partial charge in [-0.3, -0.25) is 9.59 Å². The monoisotopic (exact) mass is 443 g/mol. The van der Waals surface area contributed by atoms with Gasteiger partial charge >= 0.3 is 11.8 Å². The van der Waals surface area contributed by atoms with Gasteiger partial charge in [0.25, 0.3) is 0 Å². The largest absolute Gasteiger partial charge is 0.348 e. The van der Waals surface area contributed by atoms with Crippen LogP contribution < -0.4 is 10.6 Å². The fraction of sp³-hybridized carbons (Fsp3) is 0.391. The Morgan fingerprint density at radius 1 is 1.03 bits per heavy atom. The number of aryl methyl sites for hydroxylation is 2. The van der Waals surface area contributed by atoms with Crippen LogP contribution in [0.1, 0.15) is 29.5 Å². The molecule has 2 aromatic carbocycles. The van der Waals surface area contributed by atoms with E-state index in [0.717, 1.165) is 11.1 Å².